The third-order valence-corrected chi connectivity index (χ3v) is 6.30. The van der Waals surface area contributed by atoms with Gasteiger partial charge < -0.3 is 10.1 Å². The first-order valence-electron chi connectivity index (χ1n) is 7.95. The lowest BCUT2D eigenvalue weighted by Crippen LogP contribution is -2.03. The standard InChI is InChI=1S/C18H15N3O2S3/c1-3-23-16(22)10-4-6-12-14(8-10)25-17(19-12)21-18-20-13-7-5-11(24-2)9-15(13)26-18/h4-9H,3H2,1-2H3,(H,19,20,21). The summed E-state index contributed by atoms with van der Waals surface area (Å²) in [7, 11) is 0. The van der Waals surface area contributed by atoms with E-state index in [-0.39, 0.29) is 5.97 Å². The van der Waals surface area contributed by atoms with E-state index in [0.717, 1.165) is 30.7 Å². The van der Waals surface area contributed by atoms with E-state index in [9.17, 15) is 4.79 Å². The zero-order chi connectivity index (χ0) is 18.1. The summed E-state index contributed by atoms with van der Waals surface area (Å²) < 4.78 is 7.13. The minimum Gasteiger partial charge on any atom is -0.462 e. The second-order valence-corrected chi connectivity index (χ2v) is 8.34. The predicted molar refractivity (Wildman–Crippen MR) is 110 cm³/mol. The van der Waals surface area contributed by atoms with Crippen LogP contribution in [0.25, 0.3) is 20.4 Å². The van der Waals surface area contributed by atoms with Crippen LogP contribution in [0.3, 0.4) is 0 Å². The molecule has 0 unspecified atom stereocenters. The van der Waals surface area contributed by atoms with Crippen molar-refractivity contribution in [3.63, 3.8) is 0 Å². The van der Waals surface area contributed by atoms with Crippen LogP contribution in [0, 0.1) is 0 Å². The Labute approximate surface area is 162 Å². The number of rotatable bonds is 5. The van der Waals surface area contributed by atoms with Gasteiger partial charge in [0.2, 0.25) is 0 Å². The number of nitrogens with one attached hydrogen (secondary N) is 1. The van der Waals surface area contributed by atoms with Crippen molar-refractivity contribution in [3.05, 3.63) is 42.0 Å². The Balaban J connectivity index is 1.61. The fraction of sp³-hybridized carbons (Fsp3) is 0.167. The summed E-state index contributed by atoms with van der Waals surface area (Å²) in [6.07, 6.45) is 2.06. The maximum Gasteiger partial charge on any atom is 0.338 e. The highest BCUT2D eigenvalue weighted by Gasteiger charge is 2.12. The van der Waals surface area contributed by atoms with Crippen LogP contribution in [-0.4, -0.2) is 28.8 Å². The second kappa shape index (κ2) is 7.22. The molecule has 26 heavy (non-hydrogen) atoms. The summed E-state index contributed by atoms with van der Waals surface area (Å²) in [6.45, 7) is 2.16. The van der Waals surface area contributed by atoms with E-state index >= 15 is 0 Å². The lowest BCUT2D eigenvalue weighted by molar-refractivity contribution is 0.0526. The van der Waals surface area contributed by atoms with Crippen molar-refractivity contribution in [1.29, 1.82) is 0 Å². The van der Waals surface area contributed by atoms with Gasteiger partial charge in [-0.1, -0.05) is 22.7 Å². The van der Waals surface area contributed by atoms with Crippen LogP contribution in [-0.2, 0) is 4.74 Å². The number of carbonyl (C=O) groups is 1. The number of aromatic nitrogens is 2. The number of hydrogen-bond acceptors (Lipinski definition) is 8. The number of anilines is 2. The van der Waals surface area contributed by atoms with Gasteiger partial charge in [0.15, 0.2) is 10.3 Å². The maximum absolute atomic E-state index is 11.9. The number of thioether (sulfide) groups is 1. The number of esters is 1. The summed E-state index contributed by atoms with van der Waals surface area (Å²) >= 11 is 4.81. The largest absolute Gasteiger partial charge is 0.462 e. The van der Waals surface area contributed by atoms with Gasteiger partial charge in [-0.25, -0.2) is 14.8 Å². The highest BCUT2D eigenvalue weighted by molar-refractivity contribution is 7.98. The number of thiazole rings is 2. The Hall–Kier alpha value is -2.16. The molecular formula is C18H15N3O2S3. The van der Waals surface area contributed by atoms with Crippen LogP contribution < -0.4 is 5.32 Å². The molecule has 8 heteroatoms. The lowest BCUT2D eigenvalue weighted by atomic mass is 10.2. The maximum atomic E-state index is 11.9. The van der Waals surface area contributed by atoms with Crippen molar-refractivity contribution in [2.24, 2.45) is 0 Å². The molecule has 5 nitrogen and oxygen atoms in total. The average Bonchev–Trinajstić information content (AvgIpc) is 3.23. The van der Waals surface area contributed by atoms with Crippen molar-refractivity contribution in [2.45, 2.75) is 11.8 Å². The average molecular weight is 402 g/mol. The molecule has 0 radical (unpaired) electrons. The first-order valence-corrected chi connectivity index (χ1v) is 10.8. The van der Waals surface area contributed by atoms with Crippen molar-refractivity contribution in [2.75, 3.05) is 18.2 Å². The molecule has 4 aromatic rings. The van der Waals surface area contributed by atoms with E-state index in [1.807, 2.05) is 18.2 Å². The molecule has 0 aliphatic rings. The zero-order valence-corrected chi connectivity index (χ0v) is 16.6. The van der Waals surface area contributed by atoms with Gasteiger partial charge in [0.1, 0.15) is 0 Å². The quantitative estimate of drug-likeness (QED) is 0.349. The number of ether oxygens (including phenoxy) is 1. The molecule has 4 rings (SSSR count). The molecule has 2 heterocycles. The number of carbonyl (C=O) groups excluding carboxylic acids is 1. The Morgan fingerprint density at radius 2 is 1.73 bits per heavy atom. The summed E-state index contributed by atoms with van der Waals surface area (Å²) in [5.41, 5.74) is 2.36. The molecule has 0 bridgehead atoms. The molecule has 0 amide bonds. The molecule has 2 aromatic carbocycles. The van der Waals surface area contributed by atoms with Crippen LogP contribution in [0.1, 0.15) is 17.3 Å². The molecule has 0 atom stereocenters. The molecule has 132 valence electrons. The van der Waals surface area contributed by atoms with Gasteiger partial charge in [-0.2, -0.15) is 0 Å². The smallest absolute Gasteiger partial charge is 0.338 e. The van der Waals surface area contributed by atoms with E-state index in [2.05, 4.69) is 33.7 Å². The Morgan fingerprint density at radius 3 is 2.38 bits per heavy atom. The van der Waals surface area contributed by atoms with Gasteiger partial charge in [-0.3, -0.25) is 0 Å². The number of nitrogens with zero attached hydrogens (tertiary/aromatic N) is 2. The van der Waals surface area contributed by atoms with Crippen molar-refractivity contribution in [1.82, 2.24) is 9.97 Å². The van der Waals surface area contributed by atoms with Crippen molar-refractivity contribution in [3.8, 4) is 0 Å². The summed E-state index contributed by atoms with van der Waals surface area (Å²) in [4.78, 5) is 22.3. The number of benzene rings is 2. The molecule has 0 saturated carbocycles. The molecule has 0 fully saturated rings. The van der Waals surface area contributed by atoms with Gasteiger partial charge >= 0.3 is 5.97 Å². The monoisotopic (exact) mass is 401 g/mol. The van der Waals surface area contributed by atoms with Crippen molar-refractivity contribution >= 4 is 71.1 Å². The Morgan fingerprint density at radius 1 is 1.08 bits per heavy atom. The van der Waals surface area contributed by atoms with Crippen molar-refractivity contribution < 1.29 is 9.53 Å². The van der Waals surface area contributed by atoms with Gasteiger partial charge in [0.25, 0.3) is 0 Å². The van der Waals surface area contributed by atoms with Crippen LogP contribution in [0.15, 0.2) is 41.3 Å². The van der Waals surface area contributed by atoms with Gasteiger partial charge in [0, 0.05) is 4.90 Å². The number of fused-ring (bicyclic) bond motifs is 2. The van der Waals surface area contributed by atoms with E-state index in [0.29, 0.717) is 12.2 Å². The third kappa shape index (κ3) is 3.40. The second-order valence-electron chi connectivity index (χ2n) is 5.40. The SMILES string of the molecule is CCOC(=O)c1ccc2nc(Nc3nc4ccc(SC)cc4s3)sc2c1. The molecule has 0 saturated heterocycles. The van der Waals surface area contributed by atoms with Gasteiger partial charge in [-0.05, 0) is 49.6 Å². The molecule has 0 aliphatic carbocycles. The lowest BCUT2D eigenvalue weighted by Gasteiger charge is -2.00. The van der Waals surface area contributed by atoms with Crippen LogP contribution in [0.4, 0.5) is 10.3 Å². The Kier molecular flexibility index (Phi) is 4.80. The minimum atomic E-state index is -0.312. The van der Waals surface area contributed by atoms with E-state index in [4.69, 9.17) is 4.74 Å². The Bertz CT molecular complexity index is 1100. The van der Waals surface area contributed by atoms with Crippen LogP contribution in [0.2, 0.25) is 0 Å². The fourth-order valence-electron chi connectivity index (χ4n) is 2.50. The van der Waals surface area contributed by atoms with E-state index in [1.165, 1.54) is 16.2 Å². The summed E-state index contributed by atoms with van der Waals surface area (Å²) in [5.74, 6) is -0.312. The summed E-state index contributed by atoms with van der Waals surface area (Å²) in [5, 5.41) is 4.85. The first kappa shape index (κ1) is 17.3. The highest BCUT2D eigenvalue weighted by Crippen LogP contribution is 2.34. The molecular weight excluding hydrogens is 386 g/mol. The third-order valence-electron chi connectivity index (χ3n) is 3.71. The minimum absolute atomic E-state index is 0.312. The number of hydrogen-bond donors (Lipinski definition) is 1. The molecule has 0 aliphatic heterocycles. The van der Waals surface area contributed by atoms with Gasteiger partial charge in [-0.15, -0.1) is 11.8 Å². The van der Waals surface area contributed by atoms with E-state index < -0.39 is 0 Å². The molecule has 1 N–H and O–H groups in total. The fourth-order valence-corrected chi connectivity index (χ4v) is 4.88. The van der Waals surface area contributed by atoms with E-state index in [1.54, 1.807) is 36.1 Å². The molecule has 0 spiro atoms. The van der Waals surface area contributed by atoms with Crippen LogP contribution >= 0.6 is 34.4 Å². The first-order chi connectivity index (χ1) is 12.7. The normalized spacial score (nSPS) is 11.2. The summed E-state index contributed by atoms with van der Waals surface area (Å²) in [6, 6.07) is 11.7. The molecule has 2 aromatic heterocycles. The zero-order valence-electron chi connectivity index (χ0n) is 14.1. The topological polar surface area (TPSA) is 64.1 Å². The van der Waals surface area contributed by atoms with Gasteiger partial charge in [0.05, 0.1) is 32.6 Å². The van der Waals surface area contributed by atoms with Crippen LogP contribution in [0.5, 0.6) is 0 Å². The highest BCUT2D eigenvalue weighted by atomic mass is 32.2. The predicted octanol–water partition coefficient (Wildman–Crippen LogP) is 5.55.